The number of benzene rings is 2. The van der Waals surface area contributed by atoms with Gasteiger partial charge < -0.3 is 4.84 Å². The number of aromatic nitrogens is 2. The Morgan fingerprint density at radius 2 is 1.65 bits per heavy atom. The van der Waals surface area contributed by atoms with Crippen molar-refractivity contribution >= 4 is 10.9 Å². The molecule has 0 unspecified atom stereocenters. The zero-order valence-electron chi connectivity index (χ0n) is 9.50. The molecule has 17 heavy (non-hydrogen) atoms. The van der Waals surface area contributed by atoms with E-state index in [4.69, 9.17) is 4.84 Å². The lowest BCUT2D eigenvalue weighted by molar-refractivity contribution is 0.140. The summed E-state index contributed by atoms with van der Waals surface area (Å²) in [5.74, 6) is 0. The summed E-state index contributed by atoms with van der Waals surface area (Å²) in [7, 11) is 1.62. The largest absolute Gasteiger partial charge is 0.399 e. The molecule has 0 saturated carbocycles. The molecule has 0 radical (unpaired) electrons. The standard InChI is InChI=1S/C14H12N2O/c1-17-16-14(11-7-3-2-4-8-11)12-9-5-6-10-13(12)15-16/h2-10H,1H3. The van der Waals surface area contributed by atoms with Gasteiger partial charge in [-0.2, -0.15) is 0 Å². The Hall–Kier alpha value is -2.29. The summed E-state index contributed by atoms with van der Waals surface area (Å²) >= 11 is 0. The lowest BCUT2D eigenvalue weighted by Crippen LogP contribution is -2.08. The van der Waals surface area contributed by atoms with Crippen molar-refractivity contribution in [3.05, 3.63) is 54.6 Å². The second-order valence-corrected chi connectivity index (χ2v) is 3.79. The molecule has 3 heteroatoms. The number of hydrogen-bond acceptors (Lipinski definition) is 2. The molecule has 0 aliphatic heterocycles. The van der Waals surface area contributed by atoms with Gasteiger partial charge in [0.15, 0.2) is 0 Å². The summed E-state index contributed by atoms with van der Waals surface area (Å²) in [6.45, 7) is 0. The Bertz CT molecular complexity index is 644. The van der Waals surface area contributed by atoms with Gasteiger partial charge in [-0.15, -0.1) is 5.10 Å². The minimum Gasteiger partial charge on any atom is -0.399 e. The van der Waals surface area contributed by atoms with Crippen LogP contribution in [0.4, 0.5) is 0 Å². The maximum Gasteiger partial charge on any atom is 0.118 e. The van der Waals surface area contributed by atoms with Gasteiger partial charge in [-0.25, -0.2) is 0 Å². The molecule has 0 aliphatic carbocycles. The third-order valence-corrected chi connectivity index (χ3v) is 2.77. The van der Waals surface area contributed by atoms with Crippen LogP contribution in [0, 0.1) is 0 Å². The first-order valence-corrected chi connectivity index (χ1v) is 5.48. The molecule has 84 valence electrons. The average Bonchev–Trinajstić information content (AvgIpc) is 2.78. The van der Waals surface area contributed by atoms with Gasteiger partial charge in [0.05, 0.1) is 5.52 Å². The van der Waals surface area contributed by atoms with Crippen LogP contribution in [0.15, 0.2) is 54.6 Å². The van der Waals surface area contributed by atoms with Crippen LogP contribution in [0.2, 0.25) is 0 Å². The van der Waals surface area contributed by atoms with Crippen LogP contribution in [0.25, 0.3) is 22.2 Å². The molecule has 0 aliphatic rings. The summed E-state index contributed by atoms with van der Waals surface area (Å²) in [5, 5.41) is 5.50. The molecule has 1 heterocycles. The van der Waals surface area contributed by atoms with Gasteiger partial charge in [-0.05, 0) is 6.07 Å². The normalized spacial score (nSPS) is 10.6. The van der Waals surface area contributed by atoms with Crippen molar-refractivity contribution < 1.29 is 4.84 Å². The molecular weight excluding hydrogens is 212 g/mol. The number of rotatable bonds is 2. The van der Waals surface area contributed by atoms with Gasteiger partial charge in [0.25, 0.3) is 0 Å². The first kappa shape index (κ1) is 9.90. The van der Waals surface area contributed by atoms with Crippen molar-refractivity contribution in [3.63, 3.8) is 0 Å². The highest BCUT2D eigenvalue weighted by atomic mass is 16.7. The van der Waals surface area contributed by atoms with Crippen LogP contribution in [0.5, 0.6) is 0 Å². The summed E-state index contributed by atoms with van der Waals surface area (Å²) < 4.78 is 0. The van der Waals surface area contributed by atoms with Crippen LogP contribution in [0.3, 0.4) is 0 Å². The van der Waals surface area contributed by atoms with E-state index in [9.17, 15) is 0 Å². The average molecular weight is 224 g/mol. The van der Waals surface area contributed by atoms with Gasteiger partial charge in [-0.1, -0.05) is 53.4 Å². The molecule has 0 amide bonds. The fourth-order valence-electron chi connectivity index (χ4n) is 2.01. The predicted molar refractivity (Wildman–Crippen MR) is 67.7 cm³/mol. The first-order chi connectivity index (χ1) is 8.40. The van der Waals surface area contributed by atoms with Crippen molar-refractivity contribution in [2.75, 3.05) is 7.11 Å². The molecule has 0 bridgehead atoms. The van der Waals surface area contributed by atoms with Gasteiger partial charge in [0, 0.05) is 10.9 Å². The van der Waals surface area contributed by atoms with Crippen LogP contribution in [-0.2, 0) is 0 Å². The highest BCUT2D eigenvalue weighted by Crippen LogP contribution is 2.27. The Kier molecular flexibility index (Phi) is 2.29. The van der Waals surface area contributed by atoms with E-state index in [2.05, 4.69) is 23.3 Å². The summed E-state index contributed by atoms with van der Waals surface area (Å²) in [6, 6.07) is 18.2. The predicted octanol–water partition coefficient (Wildman–Crippen LogP) is 2.76. The molecule has 0 saturated heterocycles. The number of hydrogen-bond donors (Lipinski definition) is 0. The number of nitrogens with zero attached hydrogens (tertiary/aromatic N) is 2. The summed E-state index contributed by atoms with van der Waals surface area (Å²) in [4.78, 5) is 6.86. The van der Waals surface area contributed by atoms with Crippen molar-refractivity contribution in [1.82, 2.24) is 9.94 Å². The van der Waals surface area contributed by atoms with E-state index in [1.165, 1.54) is 0 Å². The highest BCUT2D eigenvalue weighted by Gasteiger charge is 2.12. The Morgan fingerprint density at radius 3 is 2.41 bits per heavy atom. The second-order valence-electron chi connectivity index (χ2n) is 3.79. The van der Waals surface area contributed by atoms with Crippen molar-refractivity contribution in [2.45, 2.75) is 0 Å². The fraction of sp³-hybridized carbons (Fsp3) is 0.0714. The van der Waals surface area contributed by atoms with Crippen molar-refractivity contribution in [1.29, 1.82) is 0 Å². The van der Waals surface area contributed by atoms with Gasteiger partial charge in [0.1, 0.15) is 12.8 Å². The molecule has 3 nitrogen and oxygen atoms in total. The third-order valence-electron chi connectivity index (χ3n) is 2.77. The molecule has 2 aromatic carbocycles. The molecule has 1 aromatic heterocycles. The molecular formula is C14H12N2O. The van der Waals surface area contributed by atoms with E-state index in [0.29, 0.717) is 0 Å². The molecule has 0 N–H and O–H groups in total. The Labute approximate surface area is 99.2 Å². The van der Waals surface area contributed by atoms with Gasteiger partial charge in [0.2, 0.25) is 0 Å². The molecule has 0 spiro atoms. The van der Waals surface area contributed by atoms with E-state index >= 15 is 0 Å². The smallest absolute Gasteiger partial charge is 0.118 e. The van der Waals surface area contributed by atoms with E-state index < -0.39 is 0 Å². The summed E-state index contributed by atoms with van der Waals surface area (Å²) in [5.41, 5.74) is 3.03. The number of fused-ring (bicyclic) bond motifs is 1. The van der Waals surface area contributed by atoms with E-state index in [1.807, 2.05) is 36.4 Å². The molecule has 3 aromatic rings. The summed E-state index contributed by atoms with van der Waals surface area (Å²) in [6.07, 6.45) is 0. The van der Waals surface area contributed by atoms with Gasteiger partial charge >= 0.3 is 0 Å². The zero-order valence-corrected chi connectivity index (χ0v) is 9.50. The molecule has 0 fully saturated rings. The minimum atomic E-state index is 0.938. The van der Waals surface area contributed by atoms with E-state index in [1.54, 1.807) is 12.0 Å². The van der Waals surface area contributed by atoms with Crippen LogP contribution in [-0.4, -0.2) is 17.1 Å². The van der Waals surface area contributed by atoms with Crippen molar-refractivity contribution in [3.8, 4) is 11.3 Å². The lowest BCUT2D eigenvalue weighted by atomic mass is 10.1. The Balaban J connectivity index is 2.34. The van der Waals surface area contributed by atoms with Crippen molar-refractivity contribution in [2.24, 2.45) is 0 Å². The highest BCUT2D eigenvalue weighted by molar-refractivity contribution is 5.93. The van der Waals surface area contributed by atoms with E-state index in [-0.39, 0.29) is 0 Å². The minimum absolute atomic E-state index is 0.938. The Morgan fingerprint density at radius 1 is 0.941 bits per heavy atom. The second kappa shape index (κ2) is 3.94. The zero-order chi connectivity index (χ0) is 11.7. The van der Waals surface area contributed by atoms with Crippen LogP contribution < -0.4 is 4.84 Å². The third kappa shape index (κ3) is 1.56. The topological polar surface area (TPSA) is 27.1 Å². The van der Waals surface area contributed by atoms with Crippen LogP contribution in [0.1, 0.15) is 0 Å². The maximum atomic E-state index is 5.29. The SMILES string of the molecule is COn1nc2ccccc2c1-c1ccccc1. The monoisotopic (exact) mass is 224 g/mol. The fourth-order valence-corrected chi connectivity index (χ4v) is 2.01. The first-order valence-electron chi connectivity index (χ1n) is 5.48. The maximum absolute atomic E-state index is 5.29. The van der Waals surface area contributed by atoms with E-state index in [0.717, 1.165) is 22.2 Å². The quantitative estimate of drug-likeness (QED) is 0.669. The molecule has 3 rings (SSSR count). The van der Waals surface area contributed by atoms with Crippen LogP contribution >= 0.6 is 0 Å². The lowest BCUT2D eigenvalue weighted by Gasteiger charge is -2.04. The molecule has 0 atom stereocenters. The van der Waals surface area contributed by atoms with Gasteiger partial charge in [-0.3, -0.25) is 0 Å².